The summed E-state index contributed by atoms with van der Waals surface area (Å²) in [6.07, 6.45) is 0.769. The van der Waals surface area contributed by atoms with Gasteiger partial charge in [-0.2, -0.15) is 0 Å². The van der Waals surface area contributed by atoms with E-state index in [4.69, 9.17) is 4.74 Å². The van der Waals surface area contributed by atoms with Crippen LogP contribution in [0.15, 0.2) is 24.3 Å². The molecule has 0 aliphatic heterocycles. The minimum absolute atomic E-state index is 0.0543. The fourth-order valence-electron chi connectivity index (χ4n) is 1.80. The van der Waals surface area contributed by atoms with E-state index < -0.39 is 6.04 Å². The van der Waals surface area contributed by atoms with Crippen LogP contribution >= 0.6 is 0 Å². The number of hydrogen-bond donors (Lipinski definition) is 2. The number of aromatic hydroxyl groups is 1. The Balaban J connectivity index is 2.41. The normalized spacial score (nSPS) is 11.9. The molecule has 1 atom stereocenters. The third-order valence-electron chi connectivity index (χ3n) is 2.91. The predicted molar refractivity (Wildman–Crippen MR) is 75.5 cm³/mol. The first kappa shape index (κ1) is 16.2. The van der Waals surface area contributed by atoms with E-state index >= 15 is 0 Å². The molecule has 0 fully saturated rings. The fourth-order valence-corrected chi connectivity index (χ4v) is 1.80. The van der Waals surface area contributed by atoms with Gasteiger partial charge in [-0.25, -0.2) is 0 Å². The number of carbonyl (C=O) groups is 2. The maximum atomic E-state index is 11.5. The van der Waals surface area contributed by atoms with Gasteiger partial charge in [0.1, 0.15) is 11.5 Å². The molecule has 1 aromatic carbocycles. The van der Waals surface area contributed by atoms with E-state index in [0.717, 1.165) is 5.56 Å². The quantitative estimate of drug-likeness (QED) is 0.704. The van der Waals surface area contributed by atoms with Gasteiger partial charge in [-0.1, -0.05) is 12.1 Å². The minimum Gasteiger partial charge on any atom is -0.508 e. The van der Waals surface area contributed by atoms with Gasteiger partial charge < -0.3 is 15.2 Å². The van der Waals surface area contributed by atoms with E-state index in [2.05, 4.69) is 5.32 Å². The van der Waals surface area contributed by atoms with Crippen molar-refractivity contribution in [2.75, 3.05) is 13.2 Å². The molecule has 20 heavy (non-hydrogen) atoms. The average molecular weight is 279 g/mol. The number of esters is 1. The van der Waals surface area contributed by atoms with Gasteiger partial charge >= 0.3 is 5.97 Å². The molecule has 0 aromatic heterocycles. The van der Waals surface area contributed by atoms with Gasteiger partial charge in [-0.3, -0.25) is 9.59 Å². The van der Waals surface area contributed by atoms with E-state index in [1.54, 1.807) is 19.1 Å². The second-order valence-corrected chi connectivity index (χ2v) is 4.54. The van der Waals surface area contributed by atoms with Crippen molar-refractivity contribution >= 4 is 11.8 Å². The average Bonchev–Trinajstić information content (AvgIpc) is 2.40. The number of Topliss-reactive ketones (excluding diaryl/α,β-unsaturated/α-hetero) is 1. The number of rotatable bonds is 8. The van der Waals surface area contributed by atoms with Crippen molar-refractivity contribution in [2.45, 2.75) is 32.7 Å². The van der Waals surface area contributed by atoms with E-state index in [9.17, 15) is 14.7 Å². The number of carbonyl (C=O) groups excluding carboxylic acids is 2. The summed E-state index contributed by atoms with van der Waals surface area (Å²) in [5.41, 5.74) is 1.05. The summed E-state index contributed by atoms with van der Waals surface area (Å²) in [5.74, 6) is -0.223. The summed E-state index contributed by atoms with van der Waals surface area (Å²) < 4.78 is 4.84. The first-order chi connectivity index (χ1) is 9.52. The zero-order chi connectivity index (χ0) is 15.0. The Labute approximate surface area is 118 Å². The van der Waals surface area contributed by atoms with E-state index in [1.807, 2.05) is 12.1 Å². The summed E-state index contributed by atoms with van der Waals surface area (Å²) in [4.78, 5) is 22.9. The molecule has 0 aliphatic carbocycles. The monoisotopic (exact) mass is 279 g/mol. The van der Waals surface area contributed by atoms with Crippen molar-refractivity contribution in [1.82, 2.24) is 5.32 Å². The van der Waals surface area contributed by atoms with Crippen LogP contribution in [-0.2, 0) is 20.7 Å². The van der Waals surface area contributed by atoms with Crippen LogP contribution < -0.4 is 5.32 Å². The summed E-state index contributed by atoms with van der Waals surface area (Å²) >= 11 is 0. The Morgan fingerprint density at radius 2 is 1.95 bits per heavy atom. The second kappa shape index (κ2) is 8.32. The van der Waals surface area contributed by atoms with Gasteiger partial charge in [-0.05, 0) is 44.5 Å². The molecule has 5 heteroatoms. The van der Waals surface area contributed by atoms with Gasteiger partial charge in [0.05, 0.1) is 19.1 Å². The van der Waals surface area contributed by atoms with Crippen LogP contribution in [0.5, 0.6) is 5.75 Å². The van der Waals surface area contributed by atoms with Crippen molar-refractivity contribution in [3.05, 3.63) is 29.8 Å². The molecule has 0 bridgehead atoms. The smallest absolute Gasteiger partial charge is 0.307 e. The van der Waals surface area contributed by atoms with Crippen LogP contribution in [0.25, 0.3) is 0 Å². The predicted octanol–water partition coefficient (Wildman–Crippen LogP) is 1.44. The van der Waals surface area contributed by atoms with Crippen LogP contribution in [0.1, 0.15) is 25.8 Å². The van der Waals surface area contributed by atoms with Crippen molar-refractivity contribution in [2.24, 2.45) is 0 Å². The highest BCUT2D eigenvalue weighted by Crippen LogP contribution is 2.09. The van der Waals surface area contributed by atoms with Crippen molar-refractivity contribution in [3.8, 4) is 5.75 Å². The van der Waals surface area contributed by atoms with Crippen molar-refractivity contribution in [3.63, 3.8) is 0 Å². The Bertz CT molecular complexity index is 442. The van der Waals surface area contributed by atoms with Gasteiger partial charge in [0.25, 0.3) is 0 Å². The van der Waals surface area contributed by atoms with Gasteiger partial charge in [-0.15, -0.1) is 0 Å². The largest absolute Gasteiger partial charge is 0.508 e. The highest BCUT2D eigenvalue weighted by Gasteiger charge is 2.18. The zero-order valence-electron chi connectivity index (χ0n) is 11.9. The van der Waals surface area contributed by atoms with E-state index in [-0.39, 0.29) is 23.9 Å². The molecule has 5 nitrogen and oxygen atoms in total. The molecule has 2 N–H and O–H groups in total. The van der Waals surface area contributed by atoms with Crippen LogP contribution in [0, 0.1) is 0 Å². The maximum absolute atomic E-state index is 11.5. The number of phenolic OH excluding ortho intramolecular Hbond substituents is 1. The van der Waals surface area contributed by atoms with Crippen molar-refractivity contribution in [1.29, 1.82) is 0 Å². The fraction of sp³-hybridized carbons (Fsp3) is 0.467. The topological polar surface area (TPSA) is 75.6 Å². The SMILES string of the molecule is CCOC(=O)CC(NCCc1ccc(O)cc1)C(C)=O. The minimum atomic E-state index is -0.508. The number of ketones is 1. The lowest BCUT2D eigenvalue weighted by molar-refractivity contribution is -0.145. The maximum Gasteiger partial charge on any atom is 0.307 e. The van der Waals surface area contributed by atoms with Crippen molar-refractivity contribution < 1.29 is 19.4 Å². The van der Waals surface area contributed by atoms with Crippen LogP contribution in [0.4, 0.5) is 0 Å². The molecule has 110 valence electrons. The van der Waals surface area contributed by atoms with E-state index in [0.29, 0.717) is 19.6 Å². The Hall–Kier alpha value is -1.88. The summed E-state index contributed by atoms with van der Waals surface area (Å²) in [6.45, 7) is 4.09. The standard InChI is InChI=1S/C15H21NO4/c1-3-20-15(19)10-14(11(2)17)16-9-8-12-4-6-13(18)7-5-12/h4-7,14,16,18H,3,8-10H2,1-2H3. The lowest BCUT2D eigenvalue weighted by atomic mass is 10.1. The summed E-state index contributed by atoms with van der Waals surface area (Å²) in [5, 5.41) is 12.2. The second-order valence-electron chi connectivity index (χ2n) is 4.54. The highest BCUT2D eigenvalue weighted by molar-refractivity contribution is 5.86. The molecule has 0 saturated heterocycles. The molecular weight excluding hydrogens is 258 g/mol. The molecule has 0 aliphatic rings. The highest BCUT2D eigenvalue weighted by atomic mass is 16.5. The van der Waals surface area contributed by atoms with Gasteiger partial charge in [0.15, 0.2) is 0 Å². The Kier molecular flexibility index (Phi) is 6.73. The first-order valence-corrected chi connectivity index (χ1v) is 6.70. The van der Waals surface area contributed by atoms with Crippen LogP contribution in [-0.4, -0.2) is 36.1 Å². The number of hydrogen-bond acceptors (Lipinski definition) is 5. The summed E-state index contributed by atoms with van der Waals surface area (Å²) in [7, 11) is 0. The number of ether oxygens (including phenoxy) is 1. The summed E-state index contributed by atoms with van der Waals surface area (Å²) in [6, 6.07) is 6.38. The zero-order valence-corrected chi connectivity index (χ0v) is 11.9. The Morgan fingerprint density at radius 3 is 2.50 bits per heavy atom. The van der Waals surface area contributed by atoms with Gasteiger partial charge in [0, 0.05) is 0 Å². The molecule has 1 unspecified atom stereocenters. The molecule has 0 spiro atoms. The molecule has 1 rings (SSSR count). The molecule has 1 aromatic rings. The van der Waals surface area contributed by atoms with E-state index in [1.165, 1.54) is 6.92 Å². The molecule has 0 radical (unpaired) electrons. The molecular formula is C15H21NO4. The molecule has 0 heterocycles. The van der Waals surface area contributed by atoms with Crippen LogP contribution in [0.3, 0.4) is 0 Å². The number of nitrogens with one attached hydrogen (secondary N) is 1. The molecule has 0 saturated carbocycles. The number of benzene rings is 1. The third kappa shape index (κ3) is 5.84. The molecule has 0 amide bonds. The lowest BCUT2D eigenvalue weighted by Gasteiger charge is -2.15. The number of phenols is 1. The van der Waals surface area contributed by atoms with Gasteiger partial charge in [0.2, 0.25) is 0 Å². The first-order valence-electron chi connectivity index (χ1n) is 6.70. The van der Waals surface area contributed by atoms with Crippen LogP contribution in [0.2, 0.25) is 0 Å². The third-order valence-corrected chi connectivity index (χ3v) is 2.91. The lowest BCUT2D eigenvalue weighted by Crippen LogP contribution is -2.38. The Morgan fingerprint density at radius 1 is 1.30 bits per heavy atom.